The van der Waals surface area contributed by atoms with Crippen molar-refractivity contribution in [3.63, 3.8) is 0 Å². The molecular weight excluding hydrogens is 392 g/mol. The SMILES string of the molecule is C=C/C=C\C(=C/N)[C@H]1COC2(CC[C@@]3(c4ccc(OC)c(OC)c4)CCN(C)[C@H]3C2)O1. The van der Waals surface area contributed by atoms with E-state index in [1.807, 2.05) is 18.2 Å². The van der Waals surface area contributed by atoms with Gasteiger partial charge in [-0.1, -0.05) is 30.9 Å². The summed E-state index contributed by atoms with van der Waals surface area (Å²) in [5.41, 5.74) is 8.14. The summed E-state index contributed by atoms with van der Waals surface area (Å²) in [5.74, 6) is 0.976. The lowest BCUT2D eigenvalue weighted by Crippen LogP contribution is -2.53. The van der Waals surface area contributed by atoms with Crippen molar-refractivity contribution in [3.8, 4) is 11.5 Å². The van der Waals surface area contributed by atoms with Crippen molar-refractivity contribution < 1.29 is 18.9 Å². The molecule has 0 bridgehead atoms. The Kier molecular flexibility index (Phi) is 6.15. The third-order valence-electron chi connectivity index (χ3n) is 7.34. The second-order valence-corrected chi connectivity index (χ2v) is 8.77. The lowest BCUT2D eigenvalue weighted by Gasteiger charge is -2.48. The monoisotopic (exact) mass is 426 g/mol. The van der Waals surface area contributed by atoms with Crippen molar-refractivity contribution in [1.82, 2.24) is 4.90 Å². The second kappa shape index (κ2) is 8.69. The molecule has 0 amide bonds. The van der Waals surface area contributed by atoms with E-state index in [0.717, 1.165) is 49.3 Å². The molecule has 2 aliphatic heterocycles. The molecule has 31 heavy (non-hydrogen) atoms. The average molecular weight is 427 g/mol. The maximum atomic E-state index is 6.53. The third kappa shape index (κ3) is 3.77. The molecule has 1 aliphatic carbocycles. The van der Waals surface area contributed by atoms with Crippen molar-refractivity contribution >= 4 is 0 Å². The summed E-state index contributed by atoms with van der Waals surface area (Å²) in [6.07, 6.45) is 10.8. The summed E-state index contributed by atoms with van der Waals surface area (Å²) >= 11 is 0. The molecule has 4 rings (SSSR count). The number of hydrogen-bond donors (Lipinski definition) is 1. The van der Waals surface area contributed by atoms with E-state index in [4.69, 9.17) is 24.7 Å². The zero-order valence-corrected chi connectivity index (χ0v) is 18.8. The molecule has 2 N–H and O–H groups in total. The van der Waals surface area contributed by atoms with Gasteiger partial charge in [-0.2, -0.15) is 0 Å². The average Bonchev–Trinajstić information content (AvgIpc) is 3.36. The van der Waals surface area contributed by atoms with Crippen LogP contribution >= 0.6 is 0 Å². The first-order chi connectivity index (χ1) is 15.0. The van der Waals surface area contributed by atoms with E-state index in [-0.39, 0.29) is 11.5 Å². The predicted octanol–water partition coefficient (Wildman–Crippen LogP) is 3.53. The Morgan fingerprint density at radius 1 is 1.23 bits per heavy atom. The van der Waals surface area contributed by atoms with Gasteiger partial charge in [0, 0.05) is 24.3 Å². The Morgan fingerprint density at radius 3 is 2.74 bits per heavy atom. The Morgan fingerprint density at radius 2 is 2.03 bits per heavy atom. The number of rotatable bonds is 6. The van der Waals surface area contributed by atoms with Crippen LogP contribution in [0.5, 0.6) is 11.5 Å². The normalized spacial score (nSPS) is 33.7. The molecule has 2 heterocycles. The first kappa shape index (κ1) is 21.9. The zero-order valence-electron chi connectivity index (χ0n) is 18.8. The molecule has 0 aromatic heterocycles. The van der Waals surface area contributed by atoms with Gasteiger partial charge in [0.25, 0.3) is 0 Å². The summed E-state index contributed by atoms with van der Waals surface area (Å²) in [7, 11) is 5.57. The van der Waals surface area contributed by atoms with Gasteiger partial charge in [0.05, 0.1) is 20.8 Å². The van der Waals surface area contributed by atoms with Gasteiger partial charge in [0.15, 0.2) is 17.3 Å². The van der Waals surface area contributed by atoms with Gasteiger partial charge in [-0.05, 0) is 55.9 Å². The lowest BCUT2D eigenvalue weighted by atomic mass is 9.64. The number of hydrogen-bond acceptors (Lipinski definition) is 6. The molecule has 1 saturated carbocycles. The summed E-state index contributed by atoms with van der Waals surface area (Å²) in [4.78, 5) is 2.45. The quantitative estimate of drug-likeness (QED) is 0.702. The highest BCUT2D eigenvalue weighted by molar-refractivity contribution is 5.46. The largest absolute Gasteiger partial charge is 0.493 e. The zero-order chi connectivity index (χ0) is 22.1. The maximum absolute atomic E-state index is 6.53. The fraction of sp³-hybridized carbons (Fsp3) is 0.520. The van der Waals surface area contributed by atoms with E-state index >= 15 is 0 Å². The van der Waals surface area contributed by atoms with E-state index in [2.05, 4.69) is 30.7 Å². The predicted molar refractivity (Wildman–Crippen MR) is 121 cm³/mol. The van der Waals surface area contributed by atoms with Crippen molar-refractivity contribution in [1.29, 1.82) is 0 Å². The second-order valence-electron chi connectivity index (χ2n) is 8.77. The summed E-state index contributed by atoms with van der Waals surface area (Å²) in [6, 6.07) is 6.69. The molecule has 1 spiro atoms. The lowest BCUT2D eigenvalue weighted by molar-refractivity contribution is -0.200. The number of likely N-dealkylation sites (tertiary alicyclic amines) is 1. The molecule has 6 heteroatoms. The third-order valence-corrected chi connectivity index (χ3v) is 7.34. The van der Waals surface area contributed by atoms with Crippen LogP contribution in [-0.4, -0.2) is 57.3 Å². The Hall–Kier alpha value is -2.28. The first-order valence-electron chi connectivity index (χ1n) is 11.0. The molecule has 1 unspecified atom stereocenters. The van der Waals surface area contributed by atoms with Crippen LogP contribution in [0.15, 0.2) is 54.8 Å². The Balaban J connectivity index is 1.59. The van der Waals surface area contributed by atoms with Crippen molar-refractivity contribution in [2.24, 2.45) is 5.73 Å². The number of benzene rings is 1. The van der Waals surface area contributed by atoms with Crippen molar-refractivity contribution in [2.45, 2.75) is 49.0 Å². The highest BCUT2D eigenvalue weighted by Gasteiger charge is 2.57. The Labute approximate surface area is 185 Å². The number of nitrogens with two attached hydrogens (primary N) is 1. The van der Waals surface area contributed by atoms with Gasteiger partial charge in [0.2, 0.25) is 0 Å². The molecule has 2 saturated heterocycles. The van der Waals surface area contributed by atoms with Crippen LogP contribution in [0.4, 0.5) is 0 Å². The van der Waals surface area contributed by atoms with Gasteiger partial charge < -0.3 is 29.6 Å². The van der Waals surface area contributed by atoms with Crippen molar-refractivity contribution in [3.05, 3.63) is 60.3 Å². The molecule has 3 aliphatic rings. The molecular formula is C25H34N2O4. The van der Waals surface area contributed by atoms with Crippen LogP contribution in [0.25, 0.3) is 0 Å². The van der Waals surface area contributed by atoms with Crippen LogP contribution in [0.2, 0.25) is 0 Å². The standard InChI is InChI=1S/C25H34N2O4/c1-5-6-7-18(16-26)22-17-30-25(31-22)11-10-24(12-13-27(2)23(24)15-25)19-8-9-20(28-3)21(14-19)29-4/h5-9,14,16,22-23H,1,10-13,15,17,26H2,2-4H3/b7-6-,18-16+/t22-,23+,24+,25?/m1/s1. The summed E-state index contributed by atoms with van der Waals surface area (Å²) < 4.78 is 23.9. The number of likely N-dealkylation sites (N-methyl/N-ethyl adjacent to an activating group) is 1. The van der Waals surface area contributed by atoms with Gasteiger partial charge in [-0.3, -0.25) is 0 Å². The van der Waals surface area contributed by atoms with Crippen LogP contribution < -0.4 is 15.2 Å². The van der Waals surface area contributed by atoms with E-state index in [9.17, 15) is 0 Å². The minimum Gasteiger partial charge on any atom is -0.493 e. The van der Waals surface area contributed by atoms with Crippen LogP contribution in [0, 0.1) is 0 Å². The number of methoxy groups -OCH3 is 2. The number of nitrogens with zero attached hydrogens (tertiary/aromatic N) is 1. The Bertz CT molecular complexity index is 882. The smallest absolute Gasteiger partial charge is 0.170 e. The highest BCUT2D eigenvalue weighted by Crippen LogP contribution is 2.54. The van der Waals surface area contributed by atoms with Gasteiger partial charge in [0.1, 0.15) is 6.10 Å². The maximum Gasteiger partial charge on any atom is 0.170 e. The minimum absolute atomic E-state index is 0.0552. The molecule has 0 radical (unpaired) electrons. The molecule has 4 atom stereocenters. The van der Waals surface area contributed by atoms with Gasteiger partial charge in [-0.15, -0.1) is 0 Å². The van der Waals surface area contributed by atoms with E-state index in [1.165, 1.54) is 5.56 Å². The van der Waals surface area contributed by atoms with E-state index in [0.29, 0.717) is 12.6 Å². The van der Waals surface area contributed by atoms with Crippen LogP contribution in [0.3, 0.4) is 0 Å². The summed E-state index contributed by atoms with van der Waals surface area (Å²) in [5, 5.41) is 0. The first-order valence-corrected chi connectivity index (χ1v) is 11.0. The van der Waals surface area contributed by atoms with Gasteiger partial charge >= 0.3 is 0 Å². The highest BCUT2D eigenvalue weighted by atomic mass is 16.7. The van der Waals surface area contributed by atoms with Crippen LogP contribution in [-0.2, 0) is 14.9 Å². The fourth-order valence-electron chi connectivity index (χ4n) is 5.61. The van der Waals surface area contributed by atoms with Gasteiger partial charge in [-0.25, -0.2) is 0 Å². The number of fused-ring (bicyclic) bond motifs is 1. The van der Waals surface area contributed by atoms with E-state index in [1.54, 1.807) is 26.5 Å². The van der Waals surface area contributed by atoms with Crippen LogP contribution in [0.1, 0.15) is 31.2 Å². The van der Waals surface area contributed by atoms with E-state index < -0.39 is 5.79 Å². The number of allylic oxidation sites excluding steroid dienone is 2. The molecule has 168 valence electrons. The molecule has 1 aromatic carbocycles. The fourth-order valence-corrected chi connectivity index (χ4v) is 5.61. The minimum atomic E-state index is -0.565. The summed E-state index contributed by atoms with van der Waals surface area (Å²) in [6.45, 7) is 5.30. The molecule has 1 aromatic rings. The topological polar surface area (TPSA) is 66.2 Å². The molecule has 3 fully saturated rings. The number of ether oxygens (including phenoxy) is 4. The molecule has 6 nitrogen and oxygen atoms in total. The van der Waals surface area contributed by atoms with Crippen molar-refractivity contribution in [2.75, 3.05) is 34.4 Å².